The van der Waals surface area contributed by atoms with Gasteiger partial charge in [-0.3, -0.25) is 4.79 Å². The molecule has 23 heavy (non-hydrogen) atoms. The van der Waals surface area contributed by atoms with E-state index in [0.717, 1.165) is 15.6 Å². The summed E-state index contributed by atoms with van der Waals surface area (Å²) in [6.45, 7) is 5.88. The van der Waals surface area contributed by atoms with Crippen molar-refractivity contribution in [1.29, 1.82) is 0 Å². The zero-order valence-electron chi connectivity index (χ0n) is 12.8. The van der Waals surface area contributed by atoms with Gasteiger partial charge in [-0.15, -0.1) is 0 Å². The second-order valence-electron chi connectivity index (χ2n) is 5.00. The number of carbonyl (C=O) groups excluding carboxylic acids is 1. The number of halogens is 1. The van der Waals surface area contributed by atoms with E-state index in [1.54, 1.807) is 24.3 Å². The Hall–Kier alpha value is -2.33. The summed E-state index contributed by atoms with van der Waals surface area (Å²) < 4.78 is 6.45. The first kappa shape index (κ1) is 17.0. The average Bonchev–Trinajstić information content (AvgIpc) is 2.54. The number of allylic oxidation sites excluding steroid dienone is 1. The lowest BCUT2D eigenvalue weighted by Gasteiger charge is -2.08. The number of phenolic OH excluding ortho intramolecular Hbond substituents is 1. The van der Waals surface area contributed by atoms with E-state index in [-0.39, 0.29) is 17.1 Å². The van der Waals surface area contributed by atoms with E-state index < -0.39 is 0 Å². The molecule has 0 saturated heterocycles. The van der Waals surface area contributed by atoms with Gasteiger partial charge in [0.1, 0.15) is 18.1 Å². The van der Waals surface area contributed by atoms with E-state index in [9.17, 15) is 9.90 Å². The molecular formula is C19H17BrO3. The third kappa shape index (κ3) is 4.57. The lowest BCUT2D eigenvalue weighted by Crippen LogP contribution is -1.97. The average molecular weight is 373 g/mol. The number of ether oxygens (including phenoxy) is 1. The number of aromatic hydroxyl groups is 1. The van der Waals surface area contributed by atoms with E-state index in [1.165, 1.54) is 12.1 Å². The SMILES string of the molecule is C=CCOc1ccc(Br)cc1/C=C/C(=O)c1cc(C)ccc1O. The third-order valence-corrected chi connectivity index (χ3v) is 3.65. The van der Waals surface area contributed by atoms with Crippen molar-refractivity contribution in [3.8, 4) is 11.5 Å². The van der Waals surface area contributed by atoms with Crippen LogP contribution in [0.3, 0.4) is 0 Å². The fourth-order valence-electron chi connectivity index (χ4n) is 2.03. The fraction of sp³-hybridized carbons (Fsp3) is 0.105. The van der Waals surface area contributed by atoms with Gasteiger partial charge < -0.3 is 9.84 Å². The number of benzene rings is 2. The number of hydrogen-bond donors (Lipinski definition) is 1. The Morgan fingerprint density at radius 2 is 2.09 bits per heavy atom. The van der Waals surface area contributed by atoms with Crippen molar-refractivity contribution in [2.45, 2.75) is 6.92 Å². The number of ketones is 1. The smallest absolute Gasteiger partial charge is 0.189 e. The summed E-state index contributed by atoms with van der Waals surface area (Å²) >= 11 is 3.40. The Bertz CT molecular complexity index is 763. The van der Waals surface area contributed by atoms with Gasteiger partial charge in [0, 0.05) is 10.0 Å². The molecule has 0 radical (unpaired) electrons. The minimum atomic E-state index is -0.263. The standard InChI is InChI=1S/C19H17BrO3/c1-3-10-23-19-9-6-15(20)12-14(19)5-8-18(22)16-11-13(2)4-7-17(16)21/h3-9,11-12,21H,1,10H2,2H3/b8-5+. The van der Waals surface area contributed by atoms with Crippen LogP contribution in [0.15, 0.2) is 59.6 Å². The molecule has 2 aromatic rings. The highest BCUT2D eigenvalue weighted by molar-refractivity contribution is 9.10. The molecule has 0 unspecified atom stereocenters. The molecule has 3 nitrogen and oxygen atoms in total. The Labute approximate surface area is 144 Å². The van der Waals surface area contributed by atoms with E-state index >= 15 is 0 Å². The van der Waals surface area contributed by atoms with E-state index in [1.807, 2.05) is 25.1 Å². The zero-order valence-corrected chi connectivity index (χ0v) is 14.3. The molecule has 0 heterocycles. The molecule has 0 fully saturated rings. The van der Waals surface area contributed by atoms with Crippen LogP contribution in [0.5, 0.6) is 11.5 Å². The van der Waals surface area contributed by atoms with Crippen LogP contribution in [-0.2, 0) is 0 Å². The first-order valence-corrected chi connectivity index (χ1v) is 7.86. The molecule has 0 aliphatic heterocycles. The second kappa shape index (κ2) is 7.79. The van der Waals surface area contributed by atoms with E-state index in [2.05, 4.69) is 22.5 Å². The van der Waals surface area contributed by atoms with Crippen molar-refractivity contribution < 1.29 is 14.6 Å². The van der Waals surface area contributed by atoms with E-state index in [0.29, 0.717) is 12.4 Å². The van der Waals surface area contributed by atoms with Crippen LogP contribution < -0.4 is 4.74 Å². The number of phenols is 1. The lowest BCUT2D eigenvalue weighted by atomic mass is 10.1. The Morgan fingerprint density at radius 1 is 1.30 bits per heavy atom. The molecule has 0 aromatic heterocycles. The predicted octanol–water partition coefficient (Wildman–Crippen LogP) is 4.92. The van der Waals surface area contributed by atoms with Crippen LogP contribution in [0.1, 0.15) is 21.5 Å². The molecule has 0 saturated carbocycles. The van der Waals surface area contributed by atoms with Crippen molar-refractivity contribution in [2.24, 2.45) is 0 Å². The van der Waals surface area contributed by atoms with Crippen molar-refractivity contribution in [3.63, 3.8) is 0 Å². The summed E-state index contributed by atoms with van der Waals surface area (Å²) in [5.74, 6) is 0.370. The predicted molar refractivity (Wildman–Crippen MR) is 96.0 cm³/mol. The molecule has 2 aromatic carbocycles. The van der Waals surface area contributed by atoms with Crippen LogP contribution in [0, 0.1) is 6.92 Å². The van der Waals surface area contributed by atoms with Crippen LogP contribution in [0.4, 0.5) is 0 Å². The highest BCUT2D eigenvalue weighted by atomic mass is 79.9. The molecule has 0 atom stereocenters. The molecule has 0 aliphatic rings. The van der Waals surface area contributed by atoms with Crippen molar-refractivity contribution in [1.82, 2.24) is 0 Å². The summed E-state index contributed by atoms with van der Waals surface area (Å²) in [5.41, 5.74) is 1.96. The zero-order chi connectivity index (χ0) is 16.8. The highest BCUT2D eigenvalue weighted by Gasteiger charge is 2.09. The third-order valence-electron chi connectivity index (χ3n) is 3.16. The van der Waals surface area contributed by atoms with E-state index in [4.69, 9.17) is 4.74 Å². The minimum Gasteiger partial charge on any atom is -0.507 e. The van der Waals surface area contributed by atoms with Gasteiger partial charge in [0.25, 0.3) is 0 Å². The van der Waals surface area contributed by atoms with Gasteiger partial charge >= 0.3 is 0 Å². The molecule has 0 amide bonds. The monoisotopic (exact) mass is 372 g/mol. The van der Waals surface area contributed by atoms with Gasteiger partial charge in [0.15, 0.2) is 5.78 Å². The number of rotatable bonds is 6. The molecule has 0 aliphatic carbocycles. The van der Waals surface area contributed by atoms with Crippen LogP contribution >= 0.6 is 15.9 Å². The summed E-state index contributed by atoms with van der Waals surface area (Å²) in [5, 5.41) is 9.82. The number of carbonyl (C=O) groups is 1. The summed E-state index contributed by atoms with van der Waals surface area (Å²) in [6, 6.07) is 10.5. The second-order valence-corrected chi connectivity index (χ2v) is 5.92. The maximum Gasteiger partial charge on any atom is 0.189 e. The fourth-order valence-corrected chi connectivity index (χ4v) is 2.41. The molecule has 1 N–H and O–H groups in total. The maximum absolute atomic E-state index is 12.3. The minimum absolute atomic E-state index is 0.0253. The van der Waals surface area contributed by atoms with Gasteiger partial charge in [0.2, 0.25) is 0 Å². The van der Waals surface area contributed by atoms with Gasteiger partial charge in [-0.2, -0.15) is 0 Å². The maximum atomic E-state index is 12.3. The van der Waals surface area contributed by atoms with Crippen molar-refractivity contribution in [2.75, 3.05) is 6.61 Å². The molecule has 2 rings (SSSR count). The molecule has 4 heteroatoms. The van der Waals surface area contributed by atoms with Crippen molar-refractivity contribution >= 4 is 27.8 Å². The largest absolute Gasteiger partial charge is 0.507 e. The van der Waals surface area contributed by atoms with Crippen LogP contribution in [0.25, 0.3) is 6.08 Å². The Balaban J connectivity index is 2.28. The Kier molecular flexibility index (Phi) is 5.77. The van der Waals surface area contributed by atoms with Crippen LogP contribution in [-0.4, -0.2) is 17.5 Å². The quantitative estimate of drug-likeness (QED) is 0.444. The molecular weight excluding hydrogens is 356 g/mol. The lowest BCUT2D eigenvalue weighted by molar-refractivity contribution is 0.104. The molecule has 118 valence electrons. The topological polar surface area (TPSA) is 46.5 Å². The summed E-state index contributed by atoms with van der Waals surface area (Å²) in [6.07, 6.45) is 4.76. The number of hydrogen-bond acceptors (Lipinski definition) is 3. The number of aryl methyl sites for hydroxylation is 1. The van der Waals surface area contributed by atoms with Gasteiger partial charge in [-0.1, -0.05) is 40.2 Å². The first-order chi connectivity index (χ1) is 11.0. The highest BCUT2D eigenvalue weighted by Crippen LogP contribution is 2.25. The van der Waals surface area contributed by atoms with Gasteiger partial charge in [0.05, 0.1) is 5.56 Å². The summed E-state index contributed by atoms with van der Waals surface area (Å²) in [7, 11) is 0. The van der Waals surface area contributed by atoms with Gasteiger partial charge in [-0.25, -0.2) is 0 Å². The van der Waals surface area contributed by atoms with Crippen LogP contribution in [0.2, 0.25) is 0 Å². The normalized spacial score (nSPS) is 10.7. The summed E-state index contributed by atoms with van der Waals surface area (Å²) in [4.78, 5) is 12.3. The first-order valence-electron chi connectivity index (χ1n) is 7.06. The van der Waals surface area contributed by atoms with Crippen molar-refractivity contribution in [3.05, 3.63) is 76.3 Å². The molecule has 0 spiro atoms. The molecule has 0 bridgehead atoms. The Morgan fingerprint density at radius 3 is 2.83 bits per heavy atom. The van der Waals surface area contributed by atoms with Gasteiger partial charge in [-0.05, 0) is 49.4 Å².